The molecule has 122 valence electrons. The molecule has 0 aliphatic carbocycles. The molecule has 1 amide bonds. The quantitative estimate of drug-likeness (QED) is 0.932. The summed E-state index contributed by atoms with van der Waals surface area (Å²) in [5, 5.41) is 3.60. The molecule has 1 saturated heterocycles. The molecule has 2 heterocycles. The number of nitrogens with zero attached hydrogens (tertiary/aromatic N) is 2. The summed E-state index contributed by atoms with van der Waals surface area (Å²) in [5.41, 5.74) is 0.622. The number of carbonyl (C=O) groups excluding carboxylic acids is 1. The first-order chi connectivity index (χ1) is 10.3. The van der Waals surface area contributed by atoms with Gasteiger partial charge in [0.2, 0.25) is 0 Å². The number of hydrogen-bond acceptors (Lipinski definition) is 4. The van der Waals surface area contributed by atoms with E-state index >= 15 is 0 Å². The summed E-state index contributed by atoms with van der Waals surface area (Å²) in [4.78, 5) is 18.2. The number of hydrogen-bond donors (Lipinski definition) is 1. The van der Waals surface area contributed by atoms with Crippen LogP contribution in [0, 0.1) is 0 Å². The second-order valence-electron chi connectivity index (χ2n) is 6.88. The van der Waals surface area contributed by atoms with Gasteiger partial charge in [-0.2, -0.15) is 0 Å². The summed E-state index contributed by atoms with van der Waals surface area (Å²) in [6, 6.07) is 6.60. The summed E-state index contributed by atoms with van der Waals surface area (Å²) in [6.07, 6.45) is 3.49. The minimum Gasteiger partial charge on any atom is -0.444 e. The fourth-order valence-electron chi connectivity index (χ4n) is 2.63. The first kappa shape index (κ1) is 16.7. The molecule has 5 nitrogen and oxygen atoms in total. The summed E-state index contributed by atoms with van der Waals surface area (Å²) in [6.45, 7) is 9.29. The molecule has 1 aliphatic heterocycles. The Bertz CT molecular complexity index is 476. The number of amides is 1. The topological polar surface area (TPSA) is 54.5 Å². The SMILES string of the molecule is C[C@H](NC1CCN(C(=O)OC(C)(C)C)CC1)c1ccccn1. The van der Waals surface area contributed by atoms with Gasteiger partial charge >= 0.3 is 6.09 Å². The lowest BCUT2D eigenvalue weighted by Crippen LogP contribution is -2.47. The van der Waals surface area contributed by atoms with Crippen LogP contribution in [0.4, 0.5) is 4.79 Å². The largest absolute Gasteiger partial charge is 0.444 e. The Morgan fingerprint density at radius 2 is 2.05 bits per heavy atom. The Kier molecular flexibility index (Phi) is 5.40. The molecule has 1 aromatic heterocycles. The molecule has 1 N–H and O–H groups in total. The predicted molar refractivity (Wildman–Crippen MR) is 86.6 cm³/mol. The zero-order valence-corrected chi connectivity index (χ0v) is 14.0. The average Bonchev–Trinajstić information content (AvgIpc) is 2.47. The van der Waals surface area contributed by atoms with Gasteiger partial charge in [0.25, 0.3) is 0 Å². The van der Waals surface area contributed by atoms with E-state index in [0.29, 0.717) is 6.04 Å². The van der Waals surface area contributed by atoms with Gasteiger partial charge in [0.1, 0.15) is 5.60 Å². The highest BCUT2D eigenvalue weighted by atomic mass is 16.6. The van der Waals surface area contributed by atoms with Gasteiger partial charge in [-0.25, -0.2) is 4.79 Å². The van der Waals surface area contributed by atoms with Gasteiger partial charge < -0.3 is 15.0 Å². The van der Waals surface area contributed by atoms with Gasteiger partial charge in [-0.1, -0.05) is 6.07 Å². The minimum absolute atomic E-state index is 0.205. The number of aromatic nitrogens is 1. The Balaban J connectivity index is 1.79. The van der Waals surface area contributed by atoms with Gasteiger partial charge in [-0.05, 0) is 52.7 Å². The number of piperidine rings is 1. The van der Waals surface area contributed by atoms with Crippen LogP contribution in [0.3, 0.4) is 0 Å². The lowest BCUT2D eigenvalue weighted by atomic mass is 10.0. The van der Waals surface area contributed by atoms with Crippen LogP contribution >= 0.6 is 0 Å². The van der Waals surface area contributed by atoms with Crippen molar-refractivity contribution in [3.63, 3.8) is 0 Å². The zero-order valence-electron chi connectivity index (χ0n) is 14.0. The lowest BCUT2D eigenvalue weighted by Gasteiger charge is -2.34. The van der Waals surface area contributed by atoms with Gasteiger partial charge in [-0.15, -0.1) is 0 Å². The van der Waals surface area contributed by atoms with Crippen LogP contribution in [0.25, 0.3) is 0 Å². The maximum Gasteiger partial charge on any atom is 0.410 e. The highest BCUT2D eigenvalue weighted by Crippen LogP contribution is 2.18. The van der Waals surface area contributed by atoms with Crippen LogP contribution in [-0.2, 0) is 4.74 Å². The van der Waals surface area contributed by atoms with Crippen LogP contribution in [0.5, 0.6) is 0 Å². The third kappa shape index (κ3) is 4.98. The molecule has 0 unspecified atom stereocenters. The Morgan fingerprint density at radius 1 is 1.36 bits per heavy atom. The second-order valence-corrected chi connectivity index (χ2v) is 6.88. The molecule has 1 fully saturated rings. The Hall–Kier alpha value is -1.62. The summed E-state index contributed by atoms with van der Waals surface area (Å²) in [5.74, 6) is 0. The third-order valence-corrected chi connectivity index (χ3v) is 3.76. The number of pyridine rings is 1. The van der Waals surface area contributed by atoms with Crippen molar-refractivity contribution in [1.82, 2.24) is 15.2 Å². The molecular formula is C17H27N3O2. The van der Waals surface area contributed by atoms with Gasteiger partial charge in [0.05, 0.1) is 5.69 Å². The van der Waals surface area contributed by atoms with E-state index in [-0.39, 0.29) is 12.1 Å². The van der Waals surface area contributed by atoms with Gasteiger partial charge in [0, 0.05) is 31.4 Å². The van der Waals surface area contributed by atoms with E-state index < -0.39 is 5.60 Å². The molecule has 1 aromatic rings. The van der Waals surface area contributed by atoms with E-state index in [4.69, 9.17) is 4.74 Å². The van der Waals surface area contributed by atoms with Gasteiger partial charge in [-0.3, -0.25) is 4.98 Å². The van der Waals surface area contributed by atoms with Crippen LogP contribution in [0.1, 0.15) is 52.3 Å². The van der Waals surface area contributed by atoms with E-state index in [2.05, 4.69) is 17.2 Å². The number of likely N-dealkylation sites (tertiary alicyclic amines) is 1. The molecule has 0 spiro atoms. The fourth-order valence-corrected chi connectivity index (χ4v) is 2.63. The number of ether oxygens (including phenoxy) is 1. The minimum atomic E-state index is -0.431. The summed E-state index contributed by atoms with van der Waals surface area (Å²) >= 11 is 0. The molecule has 1 aliphatic rings. The van der Waals surface area contributed by atoms with Crippen LogP contribution in [0.2, 0.25) is 0 Å². The Morgan fingerprint density at radius 3 is 2.59 bits per heavy atom. The normalized spacial score (nSPS) is 18.1. The van der Waals surface area contributed by atoms with E-state index in [1.54, 1.807) is 4.90 Å². The number of carbonyl (C=O) groups is 1. The summed E-state index contributed by atoms with van der Waals surface area (Å²) < 4.78 is 5.42. The monoisotopic (exact) mass is 305 g/mol. The molecule has 0 bridgehead atoms. The Labute approximate surface area is 133 Å². The number of nitrogens with one attached hydrogen (secondary N) is 1. The average molecular weight is 305 g/mol. The van der Waals surface area contributed by atoms with Crippen LogP contribution < -0.4 is 5.32 Å². The smallest absolute Gasteiger partial charge is 0.410 e. The van der Waals surface area contributed by atoms with E-state index in [1.165, 1.54) is 0 Å². The van der Waals surface area contributed by atoms with Gasteiger partial charge in [0.15, 0.2) is 0 Å². The molecule has 1 atom stereocenters. The van der Waals surface area contributed by atoms with Crippen molar-refractivity contribution in [1.29, 1.82) is 0 Å². The second kappa shape index (κ2) is 7.09. The molecule has 0 radical (unpaired) electrons. The van der Waals surface area contributed by atoms with Crippen molar-refractivity contribution in [2.75, 3.05) is 13.1 Å². The first-order valence-electron chi connectivity index (χ1n) is 8.00. The van der Waals surface area contributed by atoms with Crippen molar-refractivity contribution in [2.24, 2.45) is 0 Å². The van der Waals surface area contributed by atoms with E-state index in [9.17, 15) is 4.79 Å². The van der Waals surface area contributed by atoms with E-state index in [0.717, 1.165) is 31.6 Å². The third-order valence-electron chi connectivity index (χ3n) is 3.76. The van der Waals surface area contributed by atoms with Crippen LogP contribution in [-0.4, -0.2) is 40.7 Å². The molecule has 22 heavy (non-hydrogen) atoms. The lowest BCUT2D eigenvalue weighted by molar-refractivity contribution is 0.0196. The molecule has 5 heteroatoms. The molecule has 0 saturated carbocycles. The highest BCUT2D eigenvalue weighted by Gasteiger charge is 2.27. The number of rotatable bonds is 3. The van der Waals surface area contributed by atoms with Crippen molar-refractivity contribution < 1.29 is 9.53 Å². The van der Waals surface area contributed by atoms with Crippen LogP contribution in [0.15, 0.2) is 24.4 Å². The van der Waals surface area contributed by atoms with Crippen molar-refractivity contribution in [3.8, 4) is 0 Å². The maximum absolute atomic E-state index is 12.0. The molecule has 0 aromatic carbocycles. The molecular weight excluding hydrogens is 278 g/mol. The zero-order chi connectivity index (χ0) is 16.2. The van der Waals surface area contributed by atoms with Crippen molar-refractivity contribution in [3.05, 3.63) is 30.1 Å². The van der Waals surface area contributed by atoms with E-state index in [1.807, 2.05) is 45.2 Å². The first-order valence-corrected chi connectivity index (χ1v) is 8.00. The summed E-state index contributed by atoms with van der Waals surface area (Å²) in [7, 11) is 0. The van der Waals surface area contributed by atoms with Crippen molar-refractivity contribution >= 4 is 6.09 Å². The highest BCUT2D eigenvalue weighted by molar-refractivity contribution is 5.68. The fraction of sp³-hybridized carbons (Fsp3) is 0.647. The maximum atomic E-state index is 12.0. The standard InChI is InChI=1S/C17H27N3O2/c1-13(15-7-5-6-10-18-15)19-14-8-11-20(12-9-14)16(21)22-17(2,3)4/h5-7,10,13-14,19H,8-9,11-12H2,1-4H3/t13-/m0/s1. The molecule has 2 rings (SSSR count). The predicted octanol–water partition coefficient (Wildman–Crippen LogP) is 3.13. The van der Waals surface area contributed by atoms with Crippen molar-refractivity contribution in [2.45, 2.75) is 58.2 Å².